The van der Waals surface area contributed by atoms with E-state index in [2.05, 4.69) is 14.8 Å². The summed E-state index contributed by atoms with van der Waals surface area (Å²) in [6.45, 7) is -3.87. The van der Waals surface area contributed by atoms with E-state index in [0.717, 1.165) is 0 Å². The van der Waals surface area contributed by atoms with Gasteiger partial charge in [0.1, 0.15) is 22.6 Å². The summed E-state index contributed by atoms with van der Waals surface area (Å²) in [5, 5.41) is 4.41. The normalized spacial score (nSPS) is 14.9. The highest BCUT2D eigenvalue weighted by atomic mass is 19.3. The van der Waals surface area contributed by atoms with Crippen LogP contribution in [0.3, 0.4) is 0 Å². The number of hydrogen-bond acceptors (Lipinski definition) is 6. The minimum atomic E-state index is -3.00. The van der Waals surface area contributed by atoms with Gasteiger partial charge in [-0.3, -0.25) is 9.59 Å². The lowest BCUT2D eigenvalue weighted by Gasteiger charge is -2.23. The number of pyridine rings is 1. The van der Waals surface area contributed by atoms with Gasteiger partial charge in [-0.2, -0.15) is 13.9 Å². The van der Waals surface area contributed by atoms with Gasteiger partial charge in [-0.05, 0) is 36.6 Å². The van der Waals surface area contributed by atoms with Gasteiger partial charge in [0.25, 0.3) is 12.0 Å². The summed E-state index contributed by atoms with van der Waals surface area (Å²) >= 11 is 0. The van der Waals surface area contributed by atoms with Gasteiger partial charge in [-0.1, -0.05) is 12.1 Å². The van der Waals surface area contributed by atoms with Crippen LogP contribution in [0.4, 0.5) is 17.6 Å². The first-order valence-electron chi connectivity index (χ1n) is 10.2. The van der Waals surface area contributed by atoms with Crippen molar-refractivity contribution in [2.24, 2.45) is 0 Å². The second-order valence-corrected chi connectivity index (χ2v) is 7.52. The van der Waals surface area contributed by atoms with Crippen molar-refractivity contribution in [3.05, 3.63) is 46.8 Å². The van der Waals surface area contributed by atoms with Crippen LogP contribution in [0.25, 0.3) is 22.2 Å². The van der Waals surface area contributed by atoms with Crippen molar-refractivity contribution in [1.29, 1.82) is 0 Å². The number of carbonyl (C=O) groups excluding carboxylic acids is 1. The molecule has 11 heteroatoms. The van der Waals surface area contributed by atoms with Crippen molar-refractivity contribution in [2.45, 2.75) is 44.8 Å². The first kappa shape index (κ1) is 22.7. The van der Waals surface area contributed by atoms with Crippen molar-refractivity contribution < 1.29 is 31.8 Å². The summed E-state index contributed by atoms with van der Waals surface area (Å²) in [5.41, 5.74) is 0.412. The number of benzene rings is 1. The number of rotatable bonds is 7. The highest BCUT2D eigenvalue weighted by Crippen LogP contribution is 2.30. The molecule has 0 aliphatic heterocycles. The molecule has 0 radical (unpaired) electrons. The van der Waals surface area contributed by atoms with Crippen molar-refractivity contribution in [2.75, 3.05) is 6.61 Å². The van der Waals surface area contributed by atoms with E-state index in [9.17, 15) is 27.2 Å². The van der Waals surface area contributed by atoms with Crippen molar-refractivity contribution in [1.82, 2.24) is 14.8 Å². The Morgan fingerprint density at radius 1 is 1.00 bits per heavy atom. The Balaban J connectivity index is 1.84. The van der Waals surface area contributed by atoms with Gasteiger partial charge >= 0.3 is 6.61 Å². The number of nitrogens with zero attached hydrogens (tertiary/aromatic N) is 3. The maximum absolute atomic E-state index is 13.5. The third-order valence-electron chi connectivity index (χ3n) is 5.31. The van der Waals surface area contributed by atoms with Gasteiger partial charge in [-0.15, -0.1) is 0 Å². The molecule has 33 heavy (non-hydrogen) atoms. The maximum Gasteiger partial charge on any atom is 0.387 e. The van der Waals surface area contributed by atoms with Gasteiger partial charge in [0.15, 0.2) is 6.61 Å². The lowest BCUT2D eigenvalue weighted by molar-refractivity contribution is -0.120. The fraction of sp³-hybridized carbons (Fsp3) is 0.364. The topological polar surface area (TPSA) is 83.3 Å². The average Bonchev–Trinajstić information content (AvgIpc) is 2.78. The number of hydrogen-bond donors (Lipinski definition) is 0. The van der Waals surface area contributed by atoms with Gasteiger partial charge < -0.3 is 9.47 Å². The number of Topliss-reactive ketones (excluding diaryl/α,β-unsaturated/α-hetero) is 1. The van der Waals surface area contributed by atoms with Crippen LogP contribution in [0, 0.1) is 0 Å². The molecule has 174 valence electrons. The van der Waals surface area contributed by atoms with Crippen molar-refractivity contribution >= 4 is 16.8 Å². The Bertz CT molecular complexity index is 1200. The van der Waals surface area contributed by atoms with E-state index in [-0.39, 0.29) is 34.5 Å². The molecular formula is C22H19F4N3O4. The lowest BCUT2D eigenvalue weighted by Crippen LogP contribution is -2.31. The predicted molar refractivity (Wildman–Crippen MR) is 110 cm³/mol. The average molecular weight is 465 g/mol. The van der Waals surface area contributed by atoms with E-state index in [4.69, 9.17) is 4.74 Å². The van der Waals surface area contributed by atoms with Gasteiger partial charge in [0.2, 0.25) is 5.88 Å². The summed E-state index contributed by atoms with van der Waals surface area (Å²) < 4.78 is 60.7. The first-order chi connectivity index (χ1) is 15.8. The van der Waals surface area contributed by atoms with E-state index in [1.807, 2.05) is 0 Å². The van der Waals surface area contributed by atoms with Gasteiger partial charge in [0.05, 0.1) is 11.6 Å². The van der Waals surface area contributed by atoms with E-state index in [0.29, 0.717) is 36.8 Å². The molecule has 2 aromatic heterocycles. The second kappa shape index (κ2) is 9.55. The lowest BCUT2D eigenvalue weighted by atomic mass is 9.94. The van der Waals surface area contributed by atoms with E-state index in [1.165, 1.54) is 41.1 Å². The smallest absolute Gasteiger partial charge is 0.387 e. The zero-order valence-corrected chi connectivity index (χ0v) is 17.2. The molecule has 2 heterocycles. The Labute approximate surface area is 184 Å². The number of halogens is 4. The minimum Gasteiger partial charge on any atom is -0.472 e. The van der Waals surface area contributed by atoms with Crippen LogP contribution in [-0.4, -0.2) is 40.2 Å². The van der Waals surface area contributed by atoms with Gasteiger partial charge in [-0.25, -0.2) is 18.4 Å². The number of aromatic nitrogens is 3. The Morgan fingerprint density at radius 2 is 1.70 bits per heavy atom. The summed E-state index contributed by atoms with van der Waals surface area (Å²) in [4.78, 5) is 29.3. The third-order valence-corrected chi connectivity index (χ3v) is 5.31. The monoisotopic (exact) mass is 465 g/mol. The van der Waals surface area contributed by atoms with Crippen molar-refractivity contribution in [3.63, 3.8) is 0 Å². The summed E-state index contributed by atoms with van der Waals surface area (Å²) in [6, 6.07) is 8.01. The SMILES string of the molecule is O=C1CCC(n2nc3ccc(OCC(F)F)nc3c(-c3ccc(OC(F)F)cc3)c2=O)CC1. The molecule has 1 fully saturated rings. The van der Waals surface area contributed by atoms with Crippen LogP contribution in [-0.2, 0) is 4.79 Å². The minimum absolute atomic E-state index is 0.0906. The molecule has 1 aromatic carbocycles. The van der Waals surface area contributed by atoms with E-state index in [1.54, 1.807) is 0 Å². The number of fused-ring (bicyclic) bond motifs is 1. The molecule has 4 rings (SSSR count). The molecule has 0 amide bonds. The Kier molecular flexibility index (Phi) is 6.57. The molecule has 1 aliphatic rings. The number of ether oxygens (including phenoxy) is 2. The molecule has 1 saturated carbocycles. The zero-order chi connectivity index (χ0) is 23.5. The number of ketones is 1. The first-order valence-corrected chi connectivity index (χ1v) is 10.2. The number of alkyl halides is 4. The standard InChI is InChI=1S/C22H19F4N3O4/c23-17(24)11-32-18-10-9-16-20(27-18)19(12-1-7-15(8-2-12)33-22(25)26)21(31)29(28-16)13-3-5-14(30)6-4-13/h1-2,7-10,13,17,22H,3-6,11H2. The molecule has 0 saturated heterocycles. The zero-order valence-electron chi connectivity index (χ0n) is 17.2. The molecule has 0 spiro atoms. The molecule has 1 aliphatic carbocycles. The summed E-state index contributed by atoms with van der Waals surface area (Å²) in [7, 11) is 0. The quantitative estimate of drug-likeness (QED) is 0.482. The fourth-order valence-corrected chi connectivity index (χ4v) is 3.78. The Hall–Kier alpha value is -3.50. The summed E-state index contributed by atoms with van der Waals surface area (Å²) in [6.07, 6.45) is -1.11. The van der Waals surface area contributed by atoms with Crippen molar-refractivity contribution in [3.8, 4) is 22.8 Å². The highest BCUT2D eigenvalue weighted by Gasteiger charge is 2.25. The highest BCUT2D eigenvalue weighted by molar-refractivity contribution is 5.90. The summed E-state index contributed by atoms with van der Waals surface area (Å²) in [5.74, 6) is -0.0755. The molecule has 0 unspecified atom stereocenters. The molecular weight excluding hydrogens is 446 g/mol. The van der Waals surface area contributed by atoms with Crippen LogP contribution in [0.15, 0.2) is 41.2 Å². The maximum atomic E-state index is 13.5. The van der Waals surface area contributed by atoms with Gasteiger partial charge in [0, 0.05) is 18.9 Å². The largest absolute Gasteiger partial charge is 0.472 e. The van der Waals surface area contributed by atoms with Crippen LogP contribution in [0.1, 0.15) is 31.7 Å². The predicted octanol–water partition coefficient (Wildman–Crippen LogP) is 4.39. The van der Waals surface area contributed by atoms with E-state index < -0.39 is 25.2 Å². The van der Waals surface area contributed by atoms with Crippen LogP contribution in [0.2, 0.25) is 0 Å². The second-order valence-electron chi connectivity index (χ2n) is 7.52. The molecule has 7 nitrogen and oxygen atoms in total. The molecule has 0 bridgehead atoms. The fourth-order valence-electron chi connectivity index (χ4n) is 3.78. The molecule has 0 atom stereocenters. The third kappa shape index (κ3) is 5.12. The van der Waals surface area contributed by atoms with E-state index >= 15 is 0 Å². The molecule has 3 aromatic rings. The molecule has 0 N–H and O–H groups in total. The van der Waals surface area contributed by atoms with Crippen LogP contribution in [0.5, 0.6) is 11.6 Å². The Morgan fingerprint density at radius 3 is 2.33 bits per heavy atom. The van der Waals surface area contributed by atoms with Crippen LogP contribution < -0.4 is 15.0 Å². The van der Waals surface area contributed by atoms with Crippen LogP contribution >= 0.6 is 0 Å². The number of carbonyl (C=O) groups is 1.